The number of carbonyl (C=O) groups excluding carboxylic acids is 1. The van der Waals surface area contributed by atoms with Gasteiger partial charge in [0.2, 0.25) is 0 Å². The molecule has 0 unspecified atom stereocenters. The molecular weight excluding hydrogens is 415 g/mol. The van der Waals surface area contributed by atoms with Crippen LogP contribution < -0.4 is 9.47 Å². The van der Waals surface area contributed by atoms with E-state index in [1.54, 1.807) is 12.1 Å². The molecule has 1 amide bonds. The van der Waals surface area contributed by atoms with Crippen LogP contribution in [-0.4, -0.2) is 53.2 Å². The minimum Gasteiger partial charge on any atom is -0.493 e. The molecule has 162 valence electrons. The second-order valence-corrected chi connectivity index (χ2v) is 6.53. The highest BCUT2D eigenvalue weighted by Gasteiger charge is 2.36. The highest BCUT2D eigenvalue weighted by atomic mass is 19.4. The molecule has 0 saturated carbocycles. The van der Waals surface area contributed by atoms with Crippen molar-refractivity contribution in [3.63, 3.8) is 0 Å². The zero-order chi connectivity index (χ0) is 22.8. The SMILES string of the molecule is COc1ccc(-c2cc(C(F)(F)F)n3nc(C(=O)N(C)CCC#N)cc3n2)cc1OC. The van der Waals surface area contributed by atoms with Gasteiger partial charge in [-0.15, -0.1) is 0 Å². The van der Waals surface area contributed by atoms with Gasteiger partial charge in [0.15, 0.2) is 28.5 Å². The number of hydrogen-bond donors (Lipinski definition) is 0. The summed E-state index contributed by atoms with van der Waals surface area (Å²) in [7, 11) is 4.30. The number of rotatable bonds is 6. The summed E-state index contributed by atoms with van der Waals surface area (Å²) in [6.45, 7) is 0.125. The summed E-state index contributed by atoms with van der Waals surface area (Å²) in [4.78, 5) is 18.0. The van der Waals surface area contributed by atoms with Crippen LogP contribution >= 0.6 is 0 Å². The van der Waals surface area contributed by atoms with Gasteiger partial charge in [-0.05, 0) is 24.3 Å². The molecule has 0 saturated heterocycles. The first kappa shape index (κ1) is 21.9. The normalized spacial score (nSPS) is 11.3. The molecule has 0 radical (unpaired) electrons. The number of carbonyl (C=O) groups is 1. The standard InChI is InChI=1S/C20H18F3N5O3/c1-27(8-4-7-24)19(29)14-11-18-25-13(10-17(20(21,22)23)28(18)26-14)12-5-6-15(30-2)16(9-12)31-3/h5-6,9-11H,4,8H2,1-3H3. The first-order valence-corrected chi connectivity index (χ1v) is 9.02. The van der Waals surface area contributed by atoms with Crippen LogP contribution in [0.2, 0.25) is 0 Å². The van der Waals surface area contributed by atoms with Gasteiger partial charge in [-0.25, -0.2) is 9.50 Å². The molecule has 0 bridgehead atoms. The fourth-order valence-corrected chi connectivity index (χ4v) is 2.94. The number of fused-ring (bicyclic) bond motifs is 1. The van der Waals surface area contributed by atoms with Crippen LogP contribution in [0.4, 0.5) is 13.2 Å². The lowest BCUT2D eigenvalue weighted by Gasteiger charge is -2.13. The molecule has 0 atom stereocenters. The van der Waals surface area contributed by atoms with Gasteiger partial charge in [-0.1, -0.05) is 0 Å². The summed E-state index contributed by atoms with van der Waals surface area (Å²) in [5.74, 6) is 0.140. The topological polar surface area (TPSA) is 92.8 Å². The third-order valence-electron chi connectivity index (χ3n) is 4.52. The highest BCUT2D eigenvalue weighted by Crippen LogP contribution is 2.35. The van der Waals surface area contributed by atoms with Gasteiger partial charge < -0.3 is 14.4 Å². The van der Waals surface area contributed by atoms with Crippen molar-refractivity contribution in [1.82, 2.24) is 19.5 Å². The zero-order valence-electron chi connectivity index (χ0n) is 16.9. The molecular formula is C20H18F3N5O3. The molecule has 0 aliphatic carbocycles. The van der Waals surface area contributed by atoms with E-state index >= 15 is 0 Å². The number of alkyl halides is 3. The largest absolute Gasteiger partial charge is 0.493 e. The third-order valence-corrected chi connectivity index (χ3v) is 4.52. The molecule has 3 rings (SSSR count). The Labute approximate surface area is 175 Å². The molecule has 0 N–H and O–H groups in total. The number of amides is 1. The number of methoxy groups -OCH3 is 2. The first-order chi connectivity index (χ1) is 14.7. The van der Waals surface area contributed by atoms with Crippen LogP contribution in [0.1, 0.15) is 22.6 Å². The van der Waals surface area contributed by atoms with Crippen LogP contribution in [0, 0.1) is 11.3 Å². The minimum atomic E-state index is -4.74. The summed E-state index contributed by atoms with van der Waals surface area (Å²) in [6, 6.07) is 8.57. The number of nitrogens with zero attached hydrogens (tertiary/aromatic N) is 5. The highest BCUT2D eigenvalue weighted by molar-refractivity contribution is 5.93. The Hall–Kier alpha value is -3.81. The van der Waals surface area contributed by atoms with Crippen LogP contribution in [0.5, 0.6) is 11.5 Å². The maximum Gasteiger partial charge on any atom is 0.433 e. The average molecular weight is 433 g/mol. The zero-order valence-corrected chi connectivity index (χ0v) is 16.9. The number of halogens is 3. The Morgan fingerprint density at radius 3 is 2.52 bits per heavy atom. The maximum atomic E-state index is 13.7. The van der Waals surface area contributed by atoms with E-state index in [1.807, 2.05) is 6.07 Å². The van der Waals surface area contributed by atoms with Gasteiger partial charge in [0.25, 0.3) is 5.91 Å². The fourth-order valence-electron chi connectivity index (χ4n) is 2.94. The van der Waals surface area contributed by atoms with Crippen molar-refractivity contribution in [2.75, 3.05) is 27.8 Å². The van der Waals surface area contributed by atoms with Crippen molar-refractivity contribution in [2.45, 2.75) is 12.6 Å². The van der Waals surface area contributed by atoms with E-state index in [4.69, 9.17) is 14.7 Å². The van der Waals surface area contributed by atoms with E-state index in [0.717, 1.165) is 6.07 Å². The summed E-state index contributed by atoms with van der Waals surface area (Å²) in [5.41, 5.74) is -1.04. The quantitative estimate of drug-likeness (QED) is 0.592. The van der Waals surface area contributed by atoms with E-state index in [0.29, 0.717) is 21.6 Å². The summed E-state index contributed by atoms with van der Waals surface area (Å²) in [5, 5.41) is 12.5. The second kappa shape index (κ2) is 8.51. The van der Waals surface area contributed by atoms with E-state index in [2.05, 4.69) is 10.1 Å². The number of benzene rings is 1. The van der Waals surface area contributed by atoms with Crippen molar-refractivity contribution in [3.8, 4) is 28.8 Å². The Morgan fingerprint density at radius 1 is 1.19 bits per heavy atom. The van der Waals surface area contributed by atoms with Crippen molar-refractivity contribution in [3.05, 3.63) is 41.7 Å². The number of hydrogen-bond acceptors (Lipinski definition) is 6. The summed E-state index contributed by atoms with van der Waals surface area (Å²) >= 11 is 0. The molecule has 0 spiro atoms. The van der Waals surface area contributed by atoms with Crippen molar-refractivity contribution in [1.29, 1.82) is 5.26 Å². The summed E-state index contributed by atoms with van der Waals surface area (Å²) in [6.07, 6.45) is -4.66. The van der Waals surface area contributed by atoms with E-state index in [1.165, 1.54) is 38.3 Å². The van der Waals surface area contributed by atoms with E-state index in [9.17, 15) is 18.0 Å². The Balaban J connectivity index is 2.14. The lowest BCUT2D eigenvalue weighted by Crippen LogP contribution is -2.28. The van der Waals surface area contributed by atoms with Gasteiger partial charge >= 0.3 is 6.18 Å². The molecule has 0 aliphatic heterocycles. The summed E-state index contributed by atoms with van der Waals surface area (Å²) < 4.78 is 52.2. The number of ether oxygens (including phenoxy) is 2. The molecule has 3 aromatic rings. The van der Waals surface area contributed by atoms with Gasteiger partial charge in [0.1, 0.15) is 0 Å². The minimum absolute atomic E-state index is 0.0255. The second-order valence-electron chi connectivity index (χ2n) is 6.53. The van der Waals surface area contributed by atoms with Gasteiger partial charge in [0.05, 0.1) is 32.4 Å². The lowest BCUT2D eigenvalue weighted by atomic mass is 10.1. The van der Waals surface area contributed by atoms with Crippen LogP contribution in [-0.2, 0) is 6.18 Å². The molecule has 31 heavy (non-hydrogen) atoms. The van der Waals surface area contributed by atoms with Gasteiger partial charge in [-0.2, -0.15) is 23.5 Å². The predicted octanol–water partition coefficient (Wildman–Crippen LogP) is 3.42. The van der Waals surface area contributed by atoms with Crippen LogP contribution in [0.3, 0.4) is 0 Å². The van der Waals surface area contributed by atoms with E-state index < -0.39 is 17.8 Å². The first-order valence-electron chi connectivity index (χ1n) is 9.02. The van der Waals surface area contributed by atoms with Crippen molar-refractivity contribution < 1.29 is 27.4 Å². The maximum absolute atomic E-state index is 13.7. The van der Waals surface area contributed by atoms with Crippen LogP contribution in [0.25, 0.3) is 16.9 Å². The molecule has 0 aliphatic rings. The Morgan fingerprint density at radius 2 is 1.90 bits per heavy atom. The monoisotopic (exact) mass is 433 g/mol. The van der Waals surface area contributed by atoms with Crippen molar-refractivity contribution in [2.24, 2.45) is 0 Å². The predicted molar refractivity (Wildman–Crippen MR) is 104 cm³/mol. The third kappa shape index (κ3) is 4.37. The molecule has 2 heterocycles. The average Bonchev–Trinajstić information content (AvgIpc) is 3.18. The Kier molecular flexibility index (Phi) is 6.01. The molecule has 8 nitrogen and oxygen atoms in total. The molecule has 11 heteroatoms. The Bertz CT molecular complexity index is 1170. The van der Waals surface area contributed by atoms with Gasteiger partial charge in [0, 0.05) is 25.2 Å². The van der Waals surface area contributed by atoms with E-state index in [-0.39, 0.29) is 30.0 Å². The number of nitriles is 1. The van der Waals surface area contributed by atoms with Crippen molar-refractivity contribution >= 4 is 11.6 Å². The molecule has 0 fully saturated rings. The smallest absolute Gasteiger partial charge is 0.433 e. The molecule has 1 aromatic carbocycles. The lowest BCUT2D eigenvalue weighted by molar-refractivity contribution is -0.142. The fraction of sp³-hybridized carbons (Fsp3) is 0.300. The number of aromatic nitrogens is 3. The van der Waals surface area contributed by atoms with Gasteiger partial charge in [-0.3, -0.25) is 4.79 Å². The van der Waals surface area contributed by atoms with Crippen LogP contribution in [0.15, 0.2) is 30.3 Å². The molecule has 2 aromatic heterocycles.